The standard InChI is InChI=1S/C20H24N4O3/c25-19(8-7-18-21-16-5-1-2-6-17(16)27-18)24-13-11-22(12-14-24)15-20(26)23-9-3-4-10-23/h1-2,5-8H,3-4,9-15H2/b8-7+. The maximum absolute atomic E-state index is 12.4. The molecule has 7 nitrogen and oxygen atoms in total. The largest absolute Gasteiger partial charge is 0.437 e. The number of oxazole rings is 1. The second kappa shape index (κ2) is 7.92. The molecule has 2 fully saturated rings. The van der Waals surface area contributed by atoms with E-state index in [2.05, 4.69) is 9.88 Å². The number of aromatic nitrogens is 1. The van der Waals surface area contributed by atoms with Gasteiger partial charge in [-0.2, -0.15) is 0 Å². The normalized spacial score (nSPS) is 18.7. The predicted molar refractivity (Wildman–Crippen MR) is 102 cm³/mol. The lowest BCUT2D eigenvalue weighted by Crippen LogP contribution is -2.51. The average molecular weight is 368 g/mol. The fourth-order valence-electron chi connectivity index (χ4n) is 3.59. The third kappa shape index (κ3) is 4.19. The quantitative estimate of drug-likeness (QED) is 0.767. The van der Waals surface area contributed by atoms with Crippen LogP contribution in [0.2, 0.25) is 0 Å². The molecule has 4 rings (SSSR count). The predicted octanol–water partition coefficient (Wildman–Crippen LogP) is 1.61. The Morgan fingerprint density at radius 3 is 2.48 bits per heavy atom. The molecule has 0 aliphatic carbocycles. The zero-order valence-electron chi connectivity index (χ0n) is 15.3. The second-order valence-corrected chi connectivity index (χ2v) is 7.04. The lowest BCUT2D eigenvalue weighted by Gasteiger charge is -2.34. The average Bonchev–Trinajstić information content (AvgIpc) is 3.36. The summed E-state index contributed by atoms with van der Waals surface area (Å²) in [6.45, 7) is 4.94. The molecular weight excluding hydrogens is 344 g/mol. The number of amides is 2. The highest BCUT2D eigenvalue weighted by atomic mass is 16.3. The van der Waals surface area contributed by atoms with Crippen LogP contribution in [-0.2, 0) is 9.59 Å². The Morgan fingerprint density at radius 2 is 1.74 bits per heavy atom. The number of likely N-dealkylation sites (tertiary alicyclic amines) is 1. The van der Waals surface area contributed by atoms with E-state index in [-0.39, 0.29) is 11.8 Å². The summed E-state index contributed by atoms with van der Waals surface area (Å²) in [5.74, 6) is 0.588. The fourth-order valence-corrected chi connectivity index (χ4v) is 3.59. The molecule has 2 aromatic rings. The Morgan fingerprint density at radius 1 is 1.00 bits per heavy atom. The van der Waals surface area contributed by atoms with Crippen LogP contribution in [0.15, 0.2) is 34.8 Å². The van der Waals surface area contributed by atoms with Gasteiger partial charge in [-0.15, -0.1) is 0 Å². The molecule has 1 aromatic heterocycles. The minimum atomic E-state index is -0.0530. The molecular formula is C20H24N4O3. The fraction of sp³-hybridized carbons (Fsp3) is 0.450. The van der Waals surface area contributed by atoms with Crippen LogP contribution in [0.25, 0.3) is 17.2 Å². The van der Waals surface area contributed by atoms with Crippen LogP contribution in [-0.4, -0.2) is 77.3 Å². The number of hydrogen-bond donors (Lipinski definition) is 0. The summed E-state index contributed by atoms with van der Waals surface area (Å²) >= 11 is 0. The summed E-state index contributed by atoms with van der Waals surface area (Å²) in [7, 11) is 0. The first-order chi connectivity index (χ1) is 13.2. The highest BCUT2D eigenvalue weighted by molar-refractivity contribution is 5.91. The number of carbonyl (C=O) groups excluding carboxylic acids is 2. The molecule has 3 heterocycles. The van der Waals surface area contributed by atoms with Gasteiger partial charge in [-0.05, 0) is 25.0 Å². The molecule has 2 aliphatic rings. The molecule has 0 saturated carbocycles. The number of piperazine rings is 1. The van der Waals surface area contributed by atoms with Gasteiger partial charge in [-0.3, -0.25) is 14.5 Å². The second-order valence-electron chi connectivity index (χ2n) is 7.04. The molecule has 0 atom stereocenters. The van der Waals surface area contributed by atoms with E-state index in [1.807, 2.05) is 29.2 Å². The van der Waals surface area contributed by atoms with Crippen molar-refractivity contribution in [1.29, 1.82) is 0 Å². The third-order valence-electron chi connectivity index (χ3n) is 5.18. The van der Waals surface area contributed by atoms with Crippen LogP contribution in [0.3, 0.4) is 0 Å². The minimum absolute atomic E-state index is 0.0530. The van der Waals surface area contributed by atoms with Crippen molar-refractivity contribution in [2.45, 2.75) is 12.8 Å². The molecule has 1 aromatic carbocycles. The number of para-hydroxylation sites is 2. The van der Waals surface area contributed by atoms with Gasteiger partial charge in [0.1, 0.15) is 5.52 Å². The van der Waals surface area contributed by atoms with E-state index in [0.717, 1.165) is 44.5 Å². The molecule has 0 radical (unpaired) electrons. The van der Waals surface area contributed by atoms with Gasteiger partial charge < -0.3 is 14.2 Å². The molecule has 7 heteroatoms. The van der Waals surface area contributed by atoms with Crippen molar-refractivity contribution >= 4 is 29.0 Å². The maximum atomic E-state index is 12.4. The number of carbonyl (C=O) groups is 2. The van der Waals surface area contributed by atoms with Crippen molar-refractivity contribution in [3.05, 3.63) is 36.2 Å². The Kier molecular flexibility index (Phi) is 5.20. The Balaban J connectivity index is 1.27. The molecule has 0 spiro atoms. The summed E-state index contributed by atoms with van der Waals surface area (Å²) in [4.78, 5) is 34.9. The van der Waals surface area contributed by atoms with Crippen molar-refractivity contribution in [3.8, 4) is 0 Å². The Labute approximate surface area is 158 Å². The molecule has 2 saturated heterocycles. The van der Waals surface area contributed by atoms with Gasteiger partial charge in [0.15, 0.2) is 5.58 Å². The topological polar surface area (TPSA) is 69.9 Å². The van der Waals surface area contributed by atoms with Crippen LogP contribution in [0.5, 0.6) is 0 Å². The number of fused-ring (bicyclic) bond motifs is 1. The Hall–Kier alpha value is -2.67. The smallest absolute Gasteiger partial charge is 0.246 e. The van der Waals surface area contributed by atoms with Crippen molar-refractivity contribution in [2.75, 3.05) is 45.8 Å². The van der Waals surface area contributed by atoms with E-state index in [0.29, 0.717) is 31.1 Å². The van der Waals surface area contributed by atoms with Gasteiger partial charge in [0, 0.05) is 51.4 Å². The van der Waals surface area contributed by atoms with E-state index >= 15 is 0 Å². The Bertz CT molecular complexity index is 813. The van der Waals surface area contributed by atoms with Gasteiger partial charge in [0.2, 0.25) is 17.7 Å². The molecule has 0 bridgehead atoms. The van der Waals surface area contributed by atoms with Gasteiger partial charge >= 0.3 is 0 Å². The molecule has 0 unspecified atom stereocenters. The number of hydrogen-bond acceptors (Lipinski definition) is 5. The van der Waals surface area contributed by atoms with Crippen LogP contribution < -0.4 is 0 Å². The van der Waals surface area contributed by atoms with Crippen LogP contribution >= 0.6 is 0 Å². The van der Waals surface area contributed by atoms with Crippen LogP contribution in [0.4, 0.5) is 0 Å². The van der Waals surface area contributed by atoms with Crippen molar-refractivity contribution in [3.63, 3.8) is 0 Å². The lowest BCUT2D eigenvalue weighted by atomic mass is 10.3. The SMILES string of the molecule is O=C(/C=C/c1nc2ccccc2o1)N1CCN(CC(=O)N2CCCC2)CC1. The number of rotatable bonds is 4. The van der Waals surface area contributed by atoms with E-state index < -0.39 is 0 Å². The van der Waals surface area contributed by atoms with Crippen LogP contribution in [0, 0.1) is 0 Å². The first kappa shape index (κ1) is 17.7. The summed E-state index contributed by atoms with van der Waals surface area (Å²) in [5.41, 5.74) is 1.49. The summed E-state index contributed by atoms with van der Waals surface area (Å²) in [5, 5.41) is 0. The monoisotopic (exact) mass is 368 g/mol. The van der Waals surface area contributed by atoms with Gasteiger partial charge in [0.05, 0.1) is 6.54 Å². The molecule has 0 N–H and O–H groups in total. The zero-order chi connectivity index (χ0) is 18.6. The number of nitrogens with zero attached hydrogens (tertiary/aromatic N) is 4. The van der Waals surface area contributed by atoms with E-state index in [9.17, 15) is 9.59 Å². The minimum Gasteiger partial charge on any atom is -0.437 e. The summed E-state index contributed by atoms with van der Waals surface area (Å²) in [6, 6.07) is 7.52. The maximum Gasteiger partial charge on any atom is 0.246 e. The van der Waals surface area contributed by atoms with Crippen molar-refractivity contribution in [2.24, 2.45) is 0 Å². The van der Waals surface area contributed by atoms with Gasteiger partial charge in [-0.25, -0.2) is 4.98 Å². The van der Waals surface area contributed by atoms with E-state index in [4.69, 9.17) is 4.42 Å². The molecule has 142 valence electrons. The van der Waals surface area contributed by atoms with Crippen LogP contribution in [0.1, 0.15) is 18.7 Å². The summed E-state index contributed by atoms with van der Waals surface area (Å²) in [6.07, 6.45) is 5.35. The molecule has 2 aliphatic heterocycles. The van der Waals surface area contributed by atoms with Crippen molar-refractivity contribution < 1.29 is 14.0 Å². The van der Waals surface area contributed by atoms with E-state index in [1.54, 1.807) is 11.0 Å². The highest BCUT2D eigenvalue weighted by Gasteiger charge is 2.24. The third-order valence-corrected chi connectivity index (χ3v) is 5.18. The van der Waals surface area contributed by atoms with Gasteiger partial charge in [0.25, 0.3) is 0 Å². The first-order valence-corrected chi connectivity index (χ1v) is 9.52. The first-order valence-electron chi connectivity index (χ1n) is 9.52. The highest BCUT2D eigenvalue weighted by Crippen LogP contribution is 2.16. The van der Waals surface area contributed by atoms with Gasteiger partial charge in [-0.1, -0.05) is 12.1 Å². The molecule has 27 heavy (non-hydrogen) atoms. The zero-order valence-corrected chi connectivity index (χ0v) is 15.3. The number of benzene rings is 1. The van der Waals surface area contributed by atoms with E-state index in [1.165, 1.54) is 6.08 Å². The lowest BCUT2D eigenvalue weighted by molar-refractivity contribution is -0.132. The summed E-state index contributed by atoms with van der Waals surface area (Å²) < 4.78 is 5.60. The van der Waals surface area contributed by atoms with Crippen molar-refractivity contribution in [1.82, 2.24) is 19.7 Å². The molecule has 2 amide bonds.